The van der Waals surface area contributed by atoms with Gasteiger partial charge in [-0.05, 0) is 6.42 Å². The van der Waals surface area contributed by atoms with E-state index >= 15 is 0 Å². The maximum Gasteiger partial charge on any atom is 0.191 e. The van der Waals surface area contributed by atoms with Gasteiger partial charge in [0.2, 0.25) is 0 Å². The molecule has 4 nitrogen and oxygen atoms in total. The molecular weight excluding hydrogens is 142 g/mol. The number of aliphatic imine (C=N–C) groups is 1. The Morgan fingerprint density at radius 2 is 2.45 bits per heavy atom. The van der Waals surface area contributed by atoms with E-state index in [-0.39, 0.29) is 0 Å². The Bertz CT molecular complexity index is 158. The summed E-state index contributed by atoms with van der Waals surface area (Å²) in [6, 6.07) is 0. The second-order valence-electron chi connectivity index (χ2n) is 2.67. The molecule has 0 amide bonds. The predicted molar refractivity (Wildman–Crippen MR) is 44.5 cm³/mol. The van der Waals surface area contributed by atoms with Crippen LogP contribution in [0.4, 0.5) is 0 Å². The van der Waals surface area contributed by atoms with E-state index in [2.05, 4.69) is 4.99 Å². The molecule has 1 fully saturated rings. The van der Waals surface area contributed by atoms with Crippen molar-refractivity contribution in [3.63, 3.8) is 0 Å². The molecule has 0 saturated carbocycles. The van der Waals surface area contributed by atoms with Crippen LogP contribution in [0.15, 0.2) is 4.99 Å². The highest BCUT2D eigenvalue weighted by Crippen LogP contribution is 2.10. The fraction of sp³-hybridized carbons (Fsp3) is 0.857. The third kappa shape index (κ3) is 1.83. The molecule has 2 N–H and O–H groups in total. The lowest BCUT2D eigenvalue weighted by atomic mass is 10.3. The fourth-order valence-electron chi connectivity index (χ4n) is 1.27. The van der Waals surface area contributed by atoms with Crippen LogP contribution in [0, 0.1) is 0 Å². The number of nitrogens with two attached hydrogens (primary N) is 1. The Labute approximate surface area is 67.0 Å². The van der Waals surface area contributed by atoms with Crippen molar-refractivity contribution in [3.8, 4) is 0 Å². The van der Waals surface area contributed by atoms with Gasteiger partial charge < -0.3 is 15.4 Å². The smallest absolute Gasteiger partial charge is 0.191 e. The number of likely N-dealkylation sites (tertiary alicyclic amines) is 1. The van der Waals surface area contributed by atoms with Crippen LogP contribution in [-0.2, 0) is 4.74 Å². The summed E-state index contributed by atoms with van der Waals surface area (Å²) >= 11 is 0. The number of hydrogen-bond acceptors (Lipinski definition) is 2. The van der Waals surface area contributed by atoms with E-state index < -0.39 is 0 Å². The quantitative estimate of drug-likeness (QED) is 0.418. The van der Waals surface area contributed by atoms with Gasteiger partial charge in [-0.3, -0.25) is 4.99 Å². The minimum absolute atomic E-state index is 0.329. The lowest BCUT2D eigenvalue weighted by Crippen LogP contribution is -2.36. The van der Waals surface area contributed by atoms with Crippen molar-refractivity contribution in [3.05, 3.63) is 0 Å². The molecule has 64 valence electrons. The highest BCUT2D eigenvalue weighted by atomic mass is 16.5. The Balaban J connectivity index is 2.41. The van der Waals surface area contributed by atoms with Crippen LogP contribution in [0.5, 0.6) is 0 Å². The number of hydrogen-bond donors (Lipinski definition) is 1. The van der Waals surface area contributed by atoms with E-state index in [4.69, 9.17) is 10.5 Å². The molecule has 0 spiro atoms. The van der Waals surface area contributed by atoms with E-state index in [9.17, 15) is 0 Å². The summed E-state index contributed by atoms with van der Waals surface area (Å²) in [6.07, 6.45) is 1.38. The first-order valence-corrected chi connectivity index (χ1v) is 3.78. The topological polar surface area (TPSA) is 50.8 Å². The van der Waals surface area contributed by atoms with Crippen LogP contribution >= 0.6 is 0 Å². The zero-order valence-corrected chi connectivity index (χ0v) is 7.08. The van der Waals surface area contributed by atoms with Gasteiger partial charge in [0.15, 0.2) is 5.96 Å². The van der Waals surface area contributed by atoms with Gasteiger partial charge in [-0.1, -0.05) is 0 Å². The number of ether oxygens (including phenoxy) is 1. The van der Waals surface area contributed by atoms with Crippen LogP contribution in [0.2, 0.25) is 0 Å². The molecule has 1 rings (SSSR count). The lowest BCUT2D eigenvalue weighted by molar-refractivity contribution is 0.114. The summed E-state index contributed by atoms with van der Waals surface area (Å²) in [6.45, 7) is 1.83. The molecule has 1 atom stereocenters. The van der Waals surface area contributed by atoms with Crippen molar-refractivity contribution in [2.24, 2.45) is 10.7 Å². The molecule has 11 heavy (non-hydrogen) atoms. The molecule has 1 saturated heterocycles. The predicted octanol–water partition coefficient (Wildman–Crippen LogP) is -0.348. The zero-order valence-electron chi connectivity index (χ0n) is 7.08. The summed E-state index contributed by atoms with van der Waals surface area (Å²) in [5.74, 6) is 0.615. The highest BCUT2D eigenvalue weighted by Gasteiger charge is 2.22. The molecule has 0 bridgehead atoms. The van der Waals surface area contributed by atoms with Crippen LogP contribution in [0.3, 0.4) is 0 Å². The first kappa shape index (κ1) is 8.33. The van der Waals surface area contributed by atoms with Crippen molar-refractivity contribution < 1.29 is 4.74 Å². The standard InChI is InChI=1S/C7H15N3O/c1-9-7(8)10-4-3-6(5-10)11-2/h6H,3-5H2,1-2H3,(H2,8,9). The van der Waals surface area contributed by atoms with Crippen LogP contribution < -0.4 is 5.73 Å². The van der Waals surface area contributed by atoms with Crippen LogP contribution in [-0.4, -0.2) is 44.2 Å². The molecule has 0 aromatic rings. The molecule has 1 unspecified atom stereocenters. The summed E-state index contributed by atoms with van der Waals surface area (Å²) in [5.41, 5.74) is 5.62. The van der Waals surface area contributed by atoms with Gasteiger partial charge in [0.25, 0.3) is 0 Å². The summed E-state index contributed by atoms with van der Waals surface area (Å²) < 4.78 is 5.18. The summed E-state index contributed by atoms with van der Waals surface area (Å²) in [7, 11) is 3.43. The maximum atomic E-state index is 5.62. The SMILES string of the molecule is CN=C(N)N1CCC(OC)C1. The molecule has 0 aliphatic carbocycles. The Morgan fingerprint density at radius 3 is 2.91 bits per heavy atom. The third-order valence-electron chi connectivity index (χ3n) is 2.03. The number of guanidine groups is 1. The second kappa shape index (κ2) is 3.57. The monoisotopic (exact) mass is 157 g/mol. The Kier molecular flexibility index (Phi) is 2.70. The normalized spacial score (nSPS) is 26.2. The number of nitrogens with zero attached hydrogens (tertiary/aromatic N) is 2. The number of methoxy groups -OCH3 is 1. The van der Waals surface area contributed by atoms with Crippen LogP contribution in [0.25, 0.3) is 0 Å². The summed E-state index contributed by atoms with van der Waals surface area (Å²) in [5, 5.41) is 0. The van der Waals surface area contributed by atoms with Gasteiger partial charge in [0.05, 0.1) is 6.10 Å². The summed E-state index contributed by atoms with van der Waals surface area (Å²) in [4.78, 5) is 5.94. The van der Waals surface area contributed by atoms with E-state index in [1.165, 1.54) is 0 Å². The van der Waals surface area contributed by atoms with Crippen molar-refractivity contribution in [2.45, 2.75) is 12.5 Å². The molecular formula is C7H15N3O. The van der Waals surface area contributed by atoms with E-state index in [0.29, 0.717) is 12.1 Å². The maximum absolute atomic E-state index is 5.62. The molecule has 0 radical (unpaired) electrons. The first-order chi connectivity index (χ1) is 5.27. The molecule has 1 aliphatic heterocycles. The molecule has 0 aromatic heterocycles. The van der Waals surface area contributed by atoms with Gasteiger partial charge in [0, 0.05) is 27.2 Å². The van der Waals surface area contributed by atoms with E-state index in [1.807, 2.05) is 4.90 Å². The van der Waals surface area contributed by atoms with E-state index in [1.54, 1.807) is 14.2 Å². The largest absolute Gasteiger partial charge is 0.380 e. The fourth-order valence-corrected chi connectivity index (χ4v) is 1.27. The Hall–Kier alpha value is -0.770. The lowest BCUT2D eigenvalue weighted by Gasteiger charge is -2.15. The Morgan fingerprint density at radius 1 is 1.73 bits per heavy atom. The molecule has 4 heteroatoms. The average Bonchev–Trinajstić information content (AvgIpc) is 2.50. The van der Waals surface area contributed by atoms with Gasteiger partial charge >= 0.3 is 0 Å². The average molecular weight is 157 g/mol. The van der Waals surface area contributed by atoms with Crippen molar-refractivity contribution in [1.82, 2.24) is 4.90 Å². The van der Waals surface area contributed by atoms with Crippen molar-refractivity contribution in [1.29, 1.82) is 0 Å². The van der Waals surface area contributed by atoms with E-state index in [0.717, 1.165) is 19.5 Å². The zero-order chi connectivity index (χ0) is 8.27. The van der Waals surface area contributed by atoms with Crippen molar-refractivity contribution in [2.75, 3.05) is 27.2 Å². The minimum Gasteiger partial charge on any atom is -0.380 e. The van der Waals surface area contributed by atoms with Gasteiger partial charge in [0.1, 0.15) is 0 Å². The van der Waals surface area contributed by atoms with Gasteiger partial charge in [-0.15, -0.1) is 0 Å². The second-order valence-corrected chi connectivity index (χ2v) is 2.67. The third-order valence-corrected chi connectivity index (χ3v) is 2.03. The highest BCUT2D eigenvalue weighted by molar-refractivity contribution is 5.78. The molecule has 0 aromatic carbocycles. The molecule has 1 aliphatic rings. The van der Waals surface area contributed by atoms with Gasteiger partial charge in [-0.2, -0.15) is 0 Å². The number of rotatable bonds is 1. The first-order valence-electron chi connectivity index (χ1n) is 3.78. The van der Waals surface area contributed by atoms with Crippen LogP contribution in [0.1, 0.15) is 6.42 Å². The van der Waals surface area contributed by atoms with Crippen molar-refractivity contribution >= 4 is 5.96 Å². The minimum atomic E-state index is 0.329. The molecule has 1 heterocycles. The van der Waals surface area contributed by atoms with Gasteiger partial charge in [-0.25, -0.2) is 0 Å².